The number of rotatable bonds is 5. The van der Waals surface area contributed by atoms with Gasteiger partial charge in [0, 0.05) is 43.8 Å². The molecule has 3 heterocycles. The van der Waals surface area contributed by atoms with Crippen molar-refractivity contribution in [1.29, 1.82) is 0 Å². The Morgan fingerprint density at radius 1 is 0.302 bits per heavy atom. The fourth-order valence-electron chi connectivity index (χ4n) is 9.33. The van der Waals surface area contributed by atoms with Gasteiger partial charge in [0.1, 0.15) is 11.2 Å². The lowest BCUT2D eigenvalue weighted by atomic mass is 9.91. The van der Waals surface area contributed by atoms with E-state index in [9.17, 15) is 0 Å². The molecule has 13 aromatic rings. The zero-order valence-electron chi connectivity index (χ0n) is 33.7. The molecule has 0 aliphatic heterocycles. The van der Waals surface area contributed by atoms with E-state index in [1.165, 1.54) is 10.8 Å². The van der Waals surface area contributed by atoms with Gasteiger partial charge in [0.15, 0.2) is 17.5 Å². The third-order valence-corrected chi connectivity index (χ3v) is 12.3. The molecule has 0 unspecified atom stereocenters. The lowest BCUT2D eigenvalue weighted by Crippen LogP contribution is -2.01. The summed E-state index contributed by atoms with van der Waals surface area (Å²) in [6, 6.07) is 67.4. The molecule has 0 N–H and O–H groups in total. The van der Waals surface area contributed by atoms with Crippen molar-refractivity contribution in [3.8, 4) is 56.5 Å². The van der Waals surface area contributed by atoms with Crippen molar-refractivity contribution in [3.63, 3.8) is 0 Å². The van der Waals surface area contributed by atoms with Crippen molar-refractivity contribution in [2.75, 3.05) is 0 Å². The van der Waals surface area contributed by atoms with Gasteiger partial charge in [0.25, 0.3) is 0 Å². The average molecular weight is 804 g/mol. The van der Waals surface area contributed by atoms with E-state index in [2.05, 4.69) is 140 Å². The van der Waals surface area contributed by atoms with Crippen molar-refractivity contribution in [1.82, 2.24) is 24.9 Å². The first-order valence-electron chi connectivity index (χ1n) is 21.1. The van der Waals surface area contributed by atoms with Gasteiger partial charge in [0.2, 0.25) is 0 Å². The van der Waals surface area contributed by atoms with E-state index in [4.69, 9.17) is 29.3 Å². The Morgan fingerprint density at radius 2 is 0.841 bits per heavy atom. The highest BCUT2D eigenvalue weighted by Crippen LogP contribution is 2.40. The summed E-state index contributed by atoms with van der Waals surface area (Å²) in [6.45, 7) is 0. The van der Waals surface area contributed by atoms with Gasteiger partial charge in [-0.05, 0) is 85.9 Å². The Morgan fingerprint density at radius 3 is 1.60 bits per heavy atom. The van der Waals surface area contributed by atoms with Gasteiger partial charge in [-0.25, -0.2) is 19.9 Å². The van der Waals surface area contributed by atoms with E-state index in [0.29, 0.717) is 17.5 Å². The molecule has 0 fully saturated rings. The van der Waals surface area contributed by atoms with Crippen molar-refractivity contribution < 1.29 is 4.42 Å². The summed E-state index contributed by atoms with van der Waals surface area (Å²) in [6.07, 6.45) is 1.90. The first-order chi connectivity index (χ1) is 31.2. The normalized spacial score (nSPS) is 11.8. The molecular weight excluding hydrogens is 771 g/mol. The SMILES string of the molecule is c1ccc(-c2nc(-c3cc(-c4cnc5c6ccccc6c6ccccc6c5n4)cc(-c4cc5ccccc5c5ccccc45)c3)nc(-c3ccc4c(c3)oc3ccccc34)n2)cc1. The van der Waals surface area contributed by atoms with Crippen molar-refractivity contribution in [2.24, 2.45) is 0 Å². The lowest BCUT2D eigenvalue weighted by Gasteiger charge is -2.15. The lowest BCUT2D eigenvalue weighted by molar-refractivity contribution is 0.669. The molecular formula is C57H33N5O. The number of benzene rings is 10. The van der Waals surface area contributed by atoms with E-state index < -0.39 is 0 Å². The molecule has 63 heavy (non-hydrogen) atoms. The quantitative estimate of drug-likeness (QED) is 0.161. The van der Waals surface area contributed by atoms with E-state index in [0.717, 1.165) is 104 Å². The zero-order valence-corrected chi connectivity index (χ0v) is 33.7. The van der Waals surface area contributed by atoms with Crippen LogP contribution in [0.5, 0.6) is 0 Å². The number of aromatic nitrogens is 5. The van der Waals surface area contributed by atoms with Crippen molar-refractivity contribution in [3.05, 3.63) is 200 Å². The second kappa shape index (κ2) is 14.0. The second-order valence-corrected chi connectivity index (χ2v) is 16.0. The Balaban J connectivity index is 1.08. The molecule has 0 amide bonds. The molecule has 0 aliphatic rings. The van der Waals surface area contributed by atoms with Gasteiger partial charge in [-0.1, -0.05) is 152 Å². The van der Waals surface area contributed by atoms with Crippen LogP contribution in [0.4, 0.5) is 0 Å². The average Bonchev–Trinajstić information content (AvgIpc) is 3.74. The minimum Gasteiger partial charge on any atom is -0.456 e. The van der Waals surface area contributed by atoms with Crippen LogP contribution >= 0.6 is 0 Å². The monoisotopic (exact) mass is 803 g/mol. The summed E-state index contributed by atoms with van der Waals surface area (Å²) in [5.74, 6) is 1.67. The number of hydrogen-bond acceptors (Lipinski definition) is 6. The van der Waals surface area contributed by atoms with Crippen LogP contribution < -0.4 is 0 Å². The van der Waals surface area contributed by atoms with Crippen LogP contribution in [-0.2, 0) is 0 Å². The topological polar surface area (TPSA) is 77.6 Å². The number of para-hydroxylation sites is 1. The van der Waals surface area contributed by atoms with E-state index >= 15 is 0 Å². The fourth-order valence-corrected chi connectivity index (χ4v) is 9.33. The summed E-state index contributed by atoms with van der Waals surface area (Å²) in [4.78, 5) is 26.2. The van der Waals surface area contributed by atoms with Crippen LogP contribution in [0.2, 0.25) is 0 Å². The van der Waals surface area contributed by atoms with Crippen LogP contribution in [0.3, 0.4) is 0 Å². The van der Waals surface area contributed by atoms with Crippen LogP contribution in [0.15, 0.2) is 205 Å². The summed E-state index contributed by atoms with van der Waals surface area (Å²) in [5.41, 5.74) is 9.68. The number of nitrogens with zero attached hydrogens (tertiary/aromatic N) is 5. The van der Waals surface area contributed by atoms with Gasteiger partial charge in [0.05, 0.1) is 22.9 Å². The maximum Gasteiger partial charge on any atom is 0.164 e. The number of furan rings is 1. The highest BCUT2D eigenvalue weighted by Gasteiger charge is 2.19. The van der Waals surface area contributed by atoms with Crippen LogP contribution in [0.1, 0.15) is 0 Å². The largest absolute Gasteiger partial charge is 0.456 e. The summed E-state index contributed by atoms with van der Waals surface area (Å²) >= 11 is 0. The summed E-state index contributed by atoms with van der Waals surface area (Å²) < 4.78 is 6.34. The van der Waals surface area contributed by atoms with Crippen LogP contribution in [-0.4, -0.2) is 24.9 Å². The predicted octanol–water partition coefficient (Wildman–Crippen LogP) is 14.7. The first-order valence-corrected chi connectivity index (χ1v) is 21.1. The molecule has 0 aliphatic carbocycles. The minimum absolute atomic E-state index is 0.543. The Bertz CT molecular complexity index is 3950. The number of hydrogen-bond donors (Lipinski definition) is 0. The summed E-state index contributed by atoms with van der Waals surface area (Å²) in [7, 11) is 0. The molecule has 0 saturated carbocycles. The molecule has 13 rings (SSSR count). The van der Waals surface area contributed by atoms with Crippen LogP contribution in [0, 0.1) is 0 Å². The van der Waals surface area contributed by atoms with E-state index in [1.807, 2.05) is 60.8 Å². The smallest absolute Gasteiger partial charge is 0.164 e. The third kappa shape index (κ3) is 5.76. The van der Waals surface area contributed by atoms with E-state index in [-0.39, 0.29) is 0 Å². The van der Waals surface area contributed by atoms with Gasteiger partial charge in [-0.15, -0.1) is 0 Å². The first kappa shape index (κ1) is 35.2. The maximum atomic E-state index is 6.34. The second-order valence-electron chi connectivity index (χ2n) is 16.0. The minimum atomic E-state index is 0.543. The molecule has 10 aromatic carbocycles. The molecule has 0 atom stereocenters. The Labute approximate surface area is 360 Å². The van der Waals surface area contributed by atoms with Crippen LogP contribution in [0.25, 0.3) is 133 Å². The summed E-state index contributed by atoms with van der Waals surface area (Å²) in [5, 5.41) is 11.3. The van der Waals surface area contributed by atoms with Gasteiger partial charge >= 0.3 is 0 Å². The third-order valence-electron chi connectivity index (χ3n) is 12.3. The fraction of sp³-hybridized carbons (Fsp3) is 0. The molecule has 6 heteroatoms. The molecule has 0 spiro atoms. The van der Waals surface area contributed by atoms with Crippen molar-refractivity contribution >= 4 is 76.1 Å². The zero-order chi connectivity index (χ0) is 41.4. The molecule has 0 saturated heterocycles. The standard InChI is InChI=1S/C57H33N5O/c1-2-14-34(15-3-1)55-60-56(36-26-27-46-45-22-12-13-25-51(45)63-52(46)32-36)62-57(61-55)39-29-37(49-31-35-16-4-5-17-40(35)41-18-6-7-21-44(41)49)28-38(30-39)50-33-58-53-47-23-10-8-19-42(47)43-20-9-11-24-48(43)54(53)59-50/h1-33H. The van der Waals surface area contributed by atoms with Gasteiger partial charge < -0.3 is 4.42 Å². The van der Waals surface area contributed by atoms with E-state index in [1.54, 1.807) is 0 Å². The van der Waals surface area contributed by atoms with Crippen molar-refractivity contribution in [2.45, 2.75) is 0 Å². The maximum absolute atomic E-state index is 6.34. The predicted molar refractivity (Wildman–Crippen MR) is 257 cm³/mol. The highest BCUT2D eigenvalue weighted by atomic mass is 16.3. The highest BCUT2D eigenvalue weighted by molar-refractivity contribution is 6.23. The number of fused-ring (bicyclic) bond motifs is 12. The molecule has 3 aromatic heterocycles. The Hall–Kier alpha value is -8.61. The Kier molecular flexibility index (Phi) is 7.80. The van der Waals surface area contributed by atoms with Gasteiger partial charge in [-0.3, -0.25) is 4.98 Å². The molecule has 292 valence electrons. The van der Waals surface area contributed by atoms with Gasteiger partial charge in [-0.2, -0.15) is 0 Å². The molecule has 6 nitrogen and oxygen atoms in total. The molecule has 0 radical (unpaired) electrons. The molecule has 0 bridgehead atoms.